The van der Waals surface area contributed by atoms with E-state index in [0.29, 0.717) is 15.0 Å². The maximum atomic E-state index is 11.6. The fourth-order valence-electron chi connectivity index (χ4n) is 1.03. The third-order valence-corrected chi connectivity index (χ3v) is 3.93. The summed E-state index contributed by atoms with van der Waals surface area (Å²) in [4.78, 5) is 23.4. The van der Waals surface area contributed by atoms with Gasteiger partial charge < -0.3 is 0 Å². The quantitative estimate of drug-likeness (QED) is 0.811. The largest absolute Gasteiger partial charge is 0.280 e. The van der Waals surface area contributed by atoms with E-state index in [1.165, 1.54) is 23.1 Å². The molecular weight excluding hydrogens is 252 g/mol. The Labute approximate surface area is 99.6 Å². The van der Waals surface area contributed by atoms with Crippen molar-refractivity contribution in [2.24, 2.45) is 0 Å². The lowest BCUT2D eigenvalue weighted by Crippen LogP contribution is -2.44. The first kappa shape index (κ1) is 10.6. The van der Waals surface area contributed by atoms with E-state index in [1.807, 2.05) is 0 Å². The number of thiophene rings is 1. The fraction of sp³-hybridized carbons (Fsp3) is 0.125. The molecule has 0 unspecified atom stereocenters. The lowest BCUT2D eigenvalue weighted by molar-refractivity contribution is -0.125. The van der Waals surface area contributed by atoms with Crippen LogP contribution < -0.4 is 5.43 Å². The van der Waals surface area contributed by atoms with Crippen molar-refractivity contribution in [3.63, 3.8) is 0 Å². The van der Waals surface area contributed by atoms with E-state index in [2.05, 4.69) is 5.43 Å². The molecule has 1 fully saturated rings. The number of hydrogen-bond acceptors (Lipinski definition) is 5. The maximum Gasteiger partial charge on any atom is 0.280 e. The van der Waals surface area contributed by atoms with Gasteiger partial charge in [-0.3, -0.25) is 15.0 Å². The summed E-state index contributed by atoms with van der Waals surface area (Å²) in [5, 5.41) is 2.93. The first-order valence-corrected chi connectivity index (χ1v) is 6.30. The van der Waals surface area contributed by atoms with Crippen LogP contribution in [0.4, 0.5) is 0 Å². The van der Waals surface area contributed by atoms with Crippen LogP contribution in [0.25, 0.3) is 0 Å². The number of hydrazine groups is 1. The molecule has 1 aromatic heterocycles. The van der Waals surface area contributed by atoms with Crippen molar-refractivity contribution in [3.05, 3.63) is 22.4 Å². The highest BCUT2D eigenvalue weighted by Crippen LogP contribution is 2.17. The molecule has 0 aliphatic carbocycles. The van der Waals surface area contributed by atoms with Crippen LogP contribution >= 0.6 is 35.3 Å². The van der Waals surface area contributed by atoms with Gasteiger partial charge in [0.25, 0.3) is 11.8 Å². The Morgan fingerprint density at radius 2 is 2.40 bits per heavy atom. The van der Waals surface area contributed by atoms with Crippen molar-refractivity contribution in [1.82, 2.24) is 10.4 Å². The monoisotopic (exact) mass is 258 g/mol. The number of carbonyl (C=O) groups is 2. The first-order chi connectivity index (χ1) is 7.18. The number of thioether (sulfide) groups is 1. The van der Waals surface area contributed by atoms with Gasteiger partial charge in [0, 0.05) is 0 Å². The molecular formula is C8H6N2O2S3. The summed E-state index contributed by atoms with van der Waals surface area (Å²) in [6.45, 7) is 0. The number of thiocarbonyl (C=S) groups is 1. The lowest BCUT2D eigenvalue weighted by atomic mass is 10.4. The van der Waals surface area contributed by atoms with Gasteiger partial charge in [0.2, 0.25) is 0 Å². The van der Waals surface area contributed by atoms with Crippen molar-refractivity contribution in [2.45, 2.75) is 0 Å². The standard InChI is InChI=1S/C8H6N2O2S3/c11-6-4-15-8(13)10(6)9-7(12)5-2-1-3-14-5/h1-3H,4H2,(H,9,12). The van der Waals surface area contributed by atoms with Gasteiger partial charge >= 0.3 is 0 Å². The third-order valence-electron chi connectivity index (χ3n) is 1.71. The summed E-state index contributed by atoms with van der Waals surface area (Å²) in [5.41, 5.74) is 2.47. The number of amides is 2. The average molecular weight is 258 g/mol. The zero-order chi connectivity index (χ0) is 10.8. The SMILES string of the molecule is O=C(NN1C(=O)CSC1=S)c1cccs1. The van der Waals surface area contributed by atoms with Crippen molar-refractivity contribution < 1.29 is 9.59 Å². The van der Waals surface area contributed by atoms with Crippen LogP contribution in [0, 0.1) is 0 Å². The van der Waals surface area contributed by atoms with Crippen LogP contribution in [0.2, 0.25) is 0 Å². The van der Waals surface area contributed by atoms with Gasteiger partial charge in [-0.25, -0.2) is 5.01 Å². The molecule has 0 bridgehead atoms. The molecule has 78 valence electrons. The molecule has 0 aromatic carbocycles. The van der Waals surface area contributed by atoms with Crippen LogP contribution in [-0.4, -0.2) is 26.9 Å². The lowest BCUT2D eigenvalue weighted by Gasteiger charge is -2.14. The van der Waals surface area contributed by atoms with E-state index >= 15 is 0 Å². The van der Waals surface area contributed by atoms with E-state index in [1.54, 1.807) is 17.5 Å². The van der Waals surface area contributed by atoms with Gasteiger partial charge in [-0.1, -0.05) is 30.0 Å². The van der Waals surface area contributed by atoms with Gasteiger partial charge in [-0.2, -0.15) is 0 Å². The van der Waals surface area contributed by atoms with E-state index in [0.717, 1.165) is 5.01 Å². The number of rotatable bonds is 2. The summed E-state index contributed by atoms with van der Waals surface area (Å²) in [6.07, 6.45) is 0. The zero-order valence-electron chi connectivity index (χ0n) is 7.43. The van der Waals surface area contributed by atoms with Gasteiger partial charge in [0.1, 0.15) is 0 Å². The molecule has 0 saturated carbocycles. The Morgan fingerprint density at radius 3 is 2.93 bits per heavy atom. The second-order valence-electron chi connectivity index (χ2n) is 2.70. The fourth-order valence-corrected chi connectivity index (χ4v) is 2.62. The zero-order valence-corrected chi connectivity index (χ0v) is 9.88. The number of hydrogen-bond donors (Lipinski definition) is 1. The highest BCUT2D eigenvalue weighted by atomic mass is 32.2. The molecule has 7 heteroatoms. The molecule has 4 nitrogen and oxygen atoms in total. The Kier molecular flexibility index (Phi) is 3.03. The van der Waals surface area contributed by atoms with E-state index in [-0.39, 0.29) is 11.8 Å². The molecule has 15 heavy (non-hydrogen) atoms. The highest BCUT2D eigenvalue weighted by molar-refractivity contribution is 8.23. The summed E-state index contributed by atoms with van der Waals surface area (Å²) < 4.78 is 0.393. The second-order valence-corrected chi connectivity index (χ2v) is 5.26. The molecule has 1 N–H and O–H groups in total. The maximum absolute atomic E-state index is 11.6. The van der Waals surface area contributed by atoms with Gasteiger partial charge in [-0.05, 0) is 11.4 Å². The van der Waals surface area contributed by atoms with Crippen LogP contribution in [0.1, 0.15) is 9.67 Å². The predicted octanol–water partition coefficient (Wildman–Crippen LogP) is 1.25. The molecule has 1 aliphatic heterocycles. The topological polar surface area (TPSA) is 49.4 Å². The minimum atomic E-state index is -0.303. The van der Waals surface area contributed by atoms with Crippen molar-refractivity contribution in [3.8, 4) is 0 Å². The number of carbonyl (C=O) groups excluding carboxylic acids is 2. The summed E-state index contributed by atoms with van der Waals surface area (Å²) in [7, 11) is 0. The van der Waals surface area contributed by atoms with Crippen molar-refractivity contribution >= 4 is 51.5 Å². The summed E-state index contributed by atoms with van der Waals surface area (Å²) in [6, 6.07) is 3.47. The molecule has 1 aliphatic rings. The Morgan fingerprint density at radius 1 is 1.60 bits per heavy atom. The van der Waals surface area contributed by atoms with E-state index < -0.39 is 0 Å². The smallest absolute Gasteiger partial charge is 0.272 e. The molecule has 2 amide bonds. The summed E-state index contributed by atoms with van der Waals surface area (Å²) in [5.74, 6) is -0.193. The van der Waals surface area contributed by atoms with Crippen LogP contribution in [0.3, 0.4) is 0 Å². The van der Waals surface area contributed by atoms with Crippen LogP contribution in [-0.2, 0) is 4.79 Å². The van der Waals surface area contributed by atoms with Gasteiger partial charge in [0.15, 0.2) is 4.32 Å². The molecule has 0 atom stereocenters. The Bertz CT molecular complexity index is 400. The van der Waals surface area contributed by atoms with Crippen molar-refractivity contribution in [2.75, 3.05) is 5.75 Å². The minimum absolute atomic E-state index is 0.185. The molecule has 2 heterocycles. The third kappa shape index (κ3) is 2.19. The minimum Gasteiger partial charge on any atom is -0.272 e. The second kappa shape index (κ2) is 4.30. The van der Waals surface area contributed by atoms with E-state index in [9.17, 15) is 9.59 Å². The van der Waals surface area contributed by atoms with Crippen LogP contribution in [0.5, 0.6) is 0 Å². The Balaban J connectivity index is 2.06. The molecule has 1 saturated heterocycles. The van der Waals surface area contributed by atoms with E-state index in [4.69, 9.17) is 12.2 Å². The summed E-state index contributed by atoms with van der Waals surface area (Å²) >= 11 is 7.49. The molecule has 0 spiro atoms. The van der Waals surface area contributed by atoms with Gasteiger partial charge in [-0.15, -0.1) is 11.3 Å². The highest BCUT2D eigenvalue weighted by Gasteiger charge is 2.28. The van der Waals surface area contributed by atoms with Crippen molar-refractivity contribution in [1.29, 1.82) is 0 Å². The van der Waals surface area contributed by atoms with Gasteiger partial charge in [0.05, 0.1) is 10.6 Å². The normalized spacial score (nSPS) is 15.9. The predicted molar refractivity (Wildman–Crippen MR) is 63.7 cm³/mol. The number of nitrogens with one attached hydrogen (secondary N) is 1. The molecule has 1 aromatic rings. The molecule has 2 rings (SSSR count). The molecule has 0 radical (unpaired) electrons. The first-order valence-electron chi connectivity index (χ1n) is 4.02. The Hall–Kier alpha value is -0.920. The number of nitrogens with zero attached hydrogens (tertiary/aromatic N) is 1. The average Bonchev–Trinajstić information content (AvgIpc) is 2.82. The van der Waals surface area contributed by atoms with Crippen LogP contribution in [0.15, 0.2) is 17.5 Å².